The van der Waals surface area contributed by atoms with Crippen molar-refractivity contribution in [3.8, 4) is 5.75 Å². The summed E-state index contributed by atoms with van der Waals surface area (Å²) < 4.78 is 5.32. The molecule has 1 aliphatic heterocycles. The van der Waals surface area contributed by atoms with Crippen molar-refractivity contribution in [2.75, 3.05) is 12.0 Å². The molecule has 23 heavy (non-hydrogen) atoms. The Morgan fingerprint density at radius 2 is 1.83 bits per heavy atom. The van der Waals surface area contributed by atoms with Crippen LogP contribution < -0.4 is 15.0 Å². The predicted molar refractivity (Wildman–Crippen MR) is 95.4 cm³/mol. The third-order valence-electron chi connectivity index (χ3n) is 3.67. The molecule has 5 heteroatoms. The molecule has 0 radical (unpaired) electrons. The number of methoxy groups -OCH3 is 1. The van der Waals surface area contributed by atoms with Gasteiger partial charge < -0.3 is 10.1 Å². The first-order valence-corrected chi connectivity index (χ1v) is 7.58. The fraction of sp³-hybridized carbons (Fsp3) is 0.111. The molecule has 0 aromatic heterocycles. The molecular weight excluding hydrogens is 308 g/mol. The van der Waals surface area contributed by atoms with Crippen LogP contribution in [0.1, 0.15) is 11.1 Å². The second-order valence-corrected chi connectivity index (χ2v) is 5.54. The highest BCUT2D eigenvalue weighted by Crippen LogP contribution is 2.27. The highest BCUT2D eigenvalue weighted by atomic mass is 32.1. The van der Waals surface area contributed by atoms with E-state index in [1.54, 1.807) is 13.2 Å². The molecule has 1 amide bonds. The van der Waals surface area contributed by atoms with Crippen LogP contribution in [0, 0.1) is 6.92 Å². The van der Waals surface area contributed by atoms with E-state index in [0.717, 1.165) is 16.8 Å². The van der Waals surface area contributed by atoms with Gasteiger partial charge in [0.25, 0.3) is 5.91 Å². The summed E-state index contributed by atoms with van der Waals surface area (Å²) >= 11 is 5.34. The third-order valence-corrected chi connectivity index (χ3v) is 3.96. The number of nitrogens with one attached hydrogen (secondary N) is 1. The van der Waals surface area contributed by atoms with Gasteiger partial charge in [-0.05, 0) is 42.9 Å². The molecular formula is C18H16N2O2S. The molecule has 1 N–H and O–H groups in total. The Morgan fingerprint density at radius 1 is 1.13 bits per heavy atom. The molecule has 0 aliphatic carbocycles. The number of carbonyl (C=O) groups excluding carboxylic acids is 1. The van der Waals surface area contributed by atoms with Crippen molar-refractivity contribution >= 4 is 35.0 Å². The van der Waals surface area contributed by atoms with Crippen LogP contribution in [0.15, 0.2) is 54.2 Å². The van der Waals surface area contributed by atoms with Crippen molar-refractivity contribution in [1.82, 2.24) is 5.32 Å². The molecule has 2 aromatic rings. The Bertz CT molecular complexity index is 814. The Hall–Kier alpha value is -2.66. The van der Waals surface area contributed by atoms with Crippen LogP contribution in [-0.4, -0.2) is 18.1 Å². The van der Waals surface area contributed by atoms with Gasteiger partial charge in [-0.2, -0.15) is 0 Å². The zero-order valence-corrected chi connectivity index (χ0v) is 13.7. The number of hydrogen-bond donors (Lipinski definition) is 1. The zero-order valence-electron chi connectivity index (χ0n) is 12.9. The second kappa shape index (κ2) is 6.22. The number of amides is 1. The second-order valence-electron chi connectivity index (χ2n) is 5.16. The lowest BCUT2D eigenvalue weighted by atomic mass is 10.1. The molecule has 1 saturated heterocycles. The first kappa shape index (κ1) is 15.2. The number of ether oxygens (including phenoxy) is 1. The van der Waals surface area contributed by atoms with Gasteiger partial charge in [-0.3, -0.25) is 9.69 Å². The third kappa shape index (κ3) is 2.83. The largest absolute Gasteiger partial charge is 0.496 e. The van der Waals surface area contributed by atoms with E-state index in [1.165, 1.54) is 4.90 Å². The van der Waals surface area contributed by atoms with Crippen LogP contribution in [0.4, 0.5) is 5.69 Å². The molecule has 0 spiro atoms. The Kier molecular flexibility index (Phi) is 4.12. The summed E-state index contributed by atoms with van der Waals surface area (Å²) in [4.78, 5) is 14.3. The van der Waals surface area contributed by atoms with E-state index >= 15 is 0 Å². The molecule has 4 nitrogen and oxygen atoms in total. The molecule has 1 aliphatic rings. The van der Waals surface area contributed by atoms with Crippen molar-refractivity contribution in [3.63, 3.8) is 0 Å². The van der Waals surface area contributed by atoms with Crippen molar-refractivity contribution in [1.29, 1.82) is 0 Å². The molecule has 0 atom stereocenters. The Morgan fingerprint density at radius 3 is 2.57 bits per heavy atom. The van der Waals surface area contributed by atoms with Crippen LogP contribution >= 0.6 is 12.2 Å². The average Bonchev–Trinajstić information content (AvgIpc) is 2.83. The number of aryl methyl sites for hydroxylation is 1. The SMILES string of the molecule is COc1ccccc1/C=C1/NC(=S)N(c2ccccc2C)C1=O. The van der Waals surface area contributed by atoms with Crippen LogP contribution in [0.5, 0.6) is 5.75 Å². The van der Waals surface area contributed by atoms with E-state index in [4.69, 9.17) is 17.0 Å². The van der Waals surface area contributed by atoms with E-state index < -0.39 is 0 Å². The Labute approximate surface area is 140 Å². The number of hydrogen-bond acceptors (Lipinski definition) is 3. The lowest BCUT2D eigenvalue weighted by Gasteiger charge is -2.16. The Balaban J connectivity index is 1.99. The zero-order chi connectivity index (χ0) is 16.4. The monoisotopic (exact) mass is 324 g/mol. The maximum atomic E-state index is 12.7. The summed E-state index contributed by atoms with van der Waals surface area (Å²) in [6.45, 7) is 1.95. The molecule has 0 saturated carbocycles. The first-order chi connectivity index (χ1) is 11.1. The van der Waals surface area contributed by atoms with Crippen molar-refractivity contribution in [2.24, 2.45) is 0 Å². The molecule has 0 unspecified atom stereocenters. The van der Waals surface area contributed by atoms with Crippen LogP contribution in [0.25, 0.3) is 6.08 Å². The minimum Gasteiger partial charge on any atom is -0.496 e. The highest BCUT2D eigenvalue weighted by Gasteiger charge is 2.32. The van der Waals surface area contributed by atoms with Gasteiger partial charge in [0.1, 0.15) is 11.4 Å². The summed E-state index contributed by atoms with van der Waals surface area (Å²) in [5, 5.41) is 3.37. The molecule has 1 fully saturated rings. The number of benzene rings is 2. The van der Waals surface area contributed by atoms with E-state index in [2.05, 4.69) is 5.32 Å². The normalized spacial score (nSPS) is 15.9. The number of carbonyl (C=O) groups is 1. The van der Waals surface area contributed by atoms with Crippen LogP contribution in [0.3, 0.4) is 0 Å². The minimum atomic E-state index is -0.171. The van der Waals surface area contributed by atoms with Gasteiger partial charge in [-0.15, -0.1) is 0 Å². The number of rotatable bonds is 3. The molecule has 1 heterocycles. The standard InChI is InChI=1S/C18H16N2O2S/c1-12-7-3-5-9-15(12)20-17(21)14(19-18(20)23)11-13-8-4-6-10-16(13)22-2/h3-11H,1-2H3,(H,19,23)/b14-11+. The molecule has 0 bridgehead atoms. The van der Waals surface area contributed by atoms with Gasteiger partial charge in [0.05, 0.1) is 12.8 Å². The van der Waals surface area contributed by atoms with E-state index in [9.17, 15) is 4.79 Å². The molecule has 2 aromatic carbocycles. The number of anilines is 1. The van der Waals surface area contributed by atoms with Gasteiger partial charge in [-0.25, -0.2) is 0 Å². The summed E-state index contributed by atoms with van der Waals surface area (Å²) in [7, 11) is 1.60. The highest BCUT2D eigenvalue weighted by molar-refractivity contribution is 7.80. The quantitative estimate of drug-likeness (QED) is 0.695. The van der Waals surface area contributed by atoms with Gasteiger partial charge in [0.2, 0.25) is 0 Å². The van der Waals surface area contributed by atoms with Gasteiger partial charge in [0, 0.05) is 5.56 Å². The smallest absolute Gasteiger partial charge is 0.281 e. The minimum absolute atomic E-state index is 0.171. The first-order valence-electron chi connectivity index (χ1n) is 7.17. The fourth-order valence-electron chi connectivity index (χ4n) is 2.51. The lowest BCUT2D eigenvalue weighted by Crippen LogP contribution is -2.30. The number of thiocarbonyl (C=S) groups is 1. The maximum Gasteiger partial charge on any atom is 0.281 e. The molecule has 116 valence electrons. The van der Waals surface area contributed by atoms with Gasteiger partial charge in [0.15, 0.2) is 5.11 Å². The fourth-order valence-corrected chi connectivity index (χ4v) is 2.80. The van der Waals surface area contributed by atoms with E-state index in [1.807, 2.05) is 55.5 Å². The van der Waals surface area contributed by atoms with E-state index in [0.29, 0.717) is 16.6 Å². The van der Waals surface area contributed by atoms with Gasteiger partial charge >= 0.3 is 0 Å². The van der Waals surface area contributed by atoms with Gasteiger partial charge in [-0.1, -0.05) is 36.4 Å². The van der Waals surface area contributed by atoms with Crippen molar-refractivity contribution < 1.29 is 9.53 Å². The van der Waals surface area contributed by atoms with E-state index in [-0.39, 0.29) is 5.91 Å². The summed E-state index contributed by atoms with van der Waals surface area (Å²) in [6, 6.07) is 15.2. The summed E-state index contributed by atoms with van der Waals surface area (Å²) in [5.74, 6) is 0.532. The lowest BCUT2D eigenvalue weighted by molar-refractivity contribution is -0.113. The average molecular weight is 324 g/mol. The summed E-state index contributed by atoms with van der Waals surface area (Å²) in [5.41, 5.74) is 3.03. The molecule has 3 rings (SSSR count). The number of para-hydroxylation sites is 2. The van der Waals surface area contributed by atoms with Crippen LogP contribution in [0.2, 0.25) is 0 Å². The number of nitrogens with zero attached hydrogens (tertiary/aromatic N) is 1. The summed E-state index contributed by atoms with van der Waals surface area (Å²) in [6.07, 6.45) is 1.76. The van der Waals surface area contributed by atoms with Crippen molar-refractivity contribution in [3.05, 3.63) is 65.4 Å². The maximum absolute atomic E-state index is 12.7. The topological polar surface area (TPSA) is 41.6 Å². The van der Waals surface area contributed by atoms with Crippen LogP contribution in [-0.2, 0) is 4.79 Å². The van der Waals surface area contributed by atoms with Crippen molar-refractivity contribution in [2.45, 2.75) is 6.92 Å². The predicted octanol–water partition coefficient (Wildman–Crippen LogP) is 3.27.